The van der Waals surface area contributed by atoms with Gasteiger partial charge in [-0.15, -0.1) is 0 Å². The molecular weight excluding hydrogens is 244 g/mol. The summed E-state index contributed by atoms with van der Waals surface area (Å²) in [5.41, 5.74) is 8.90. The summed E-state index contributed by atoms with van der Waals surface area (Å²) >= 11 is 0. The predicted octanol–water partition coefficient (Wildman–Crippen LogP) is 1.07. The number of rotatable bonds is 3. The Morgan fingerprint density at radius 3 is 2.53 bits per heavy atom. The number of nitrogens with two attached hydrogens (primary N) is 1. The molecular formula is C14H16N2O3. The summed E-state index contributed by atoms with van der Waals surface area (Å²) in [6, 6.07) is 6.18. The summed E-state index contributed by atoms with van der Waals surface area (Å²) < 4.78 is 16.4. The maximum atomic E-state index is 6.02. The fraction of sp³-hybridized carbons (Fsp3) is 0.500. The Hall–Kier alpha value is -1.43. The average molecular weight is 260 g/mol. The third-order valence-corrected chi connectivity index (χ3v) is 4.74. The van der Waals surface area contributed by atoms with E-state index in [1.165, 1.54) is 12.0 Å². The van der Waals surface area contributed by atoms with Crippen molar-refractivity contribution in [1.82, 2.24) is 4.98 Å². The van der Waals surface area contributed by atoms with Crippen molar-refractivity contribution in [3.05, 3.63) is 30.2 Å². The standard InChI is InChI=1S/C14H16N2O3/c15-4-13(5-17-6-13)14(7-18-8-14)10-1-2-11-12(3-10)19-9-16-11/h1-3,9H,4-8,15H2. The van der Waals surface area contributed by atoms with Crippen molar-refractivity contribution in [3.63, 3.8) is 0 Å². The Balaban J connectivity index is 1.83. The van der Waals surface area contributed by atoms with Gasteiger partial charge in [0.1, 0.15) is 5.52 Å². The second-order valence-electron chi connectivity index (χ2n) is 5.59. The zero-order chi connectivity index (χ0) is 12.9. The first-order chi connectivity index (χ1) is 9.30. The van der Waals surface area contributed by atoms with Crippen molar-refractivity contribution in [2.75, 3.05) is 33.0 Å². The Kier molecular flexibility index (Phi) is 2.27. The Labute approximate surface area is 110 Å². The molecule has 0 spiro atoms. The van der Waals surface area contributed by atoms with Gasteiger partial charge in [0, 0.05) is 12.0 Å². The van der Waals surface area contributed by atoms with Gasteiger partial charge >= 0.3 is 0 Å². The molecule has 3 heterocycles. The number of nitrogens with zero attached hydrogens (tertiary/aromatic N) is 1. The van der Waals surface area contributed by atoms with Crippen molar-refractivity contribution in [2.24, 2.45) is 11.1 Å². The third kappa shape index (κ3) is 1.32. The number of hydrogen-bond acceptors (Lipinski definition) is 5. The molecule has 4 rings (SSSR count). The van der Waals surface area contributed by atoms with Crippen LogP contribution < -0.4 is 5.73 Å². The van der Waals surface area contributed by atoms with Crippen LogP contribution >= 0.6 is 0 Å². The quantitative estimate of drug-likeness (QED) is 0.894. The van der Waals surface area contributed by atoms with Gasteiger partial charge in [0.2, 0.25) is 0 Å². The van der Waals surface area contributed by atoms with Crippen LogP contribution in [-0.2, 0) is 14.9 Å². The lowest BCUT2D eigenvalue weighted by Crippen LogP contribution is -2.69. The van der Waals surface area contributed by atoms with Crippen LogP contribution in [0, 0.1) is 5.41 Å². The molecule has 0 radical (unpaired) electrons. The average Bonchev–Trinajstić information content (AvgIpc) is 2.78. The van der Waals surface area contributed by atoms with Gasteiger partial charge in [-0.3, -0.25) is 0 Å². The van der Waals surface area contributed by atoms with Crippen molar-refractivity contribution in [3.8, 4) is 0 Å². The second kappa shape index (κ2) is 3.79. The van der Waals surface area contributed by atoms with Crippen LogP contribution in [0.15, 0.2) is 29.0 Å². The van der Waals surface area contributed by atoms with E-state index in [0.29, 0.717) is 33.0 Å². The van der Waals surface area contributed by atoms with E-state index in [1.807, 2.05) is 6.07 Å². The van der Waals surface area contributed by atoms with E-state index in [0.717, 1.165) is 11.1 Å². The van der Waals surface area contributed by atoms with E-state index in [9.17, 15) is 0 Å². The van der Waals surface area contributed by atoms with E-state index in [2.05, 4.69) is 17.1 Å². The van der Waals surface area contributed by atoms with E-state index < -0.39 is 0 Å². The first-order valence-electron chi connectivity index (χ1n) is 6.49. The minimum Gasteiger partial charge on any atom is -0.443 e. The molecule has 0 amide bonds. The molecule has 2 aliphatic rings. The fourth-order valence-corrected chi connectivity index (χ4v) is 3.18. The van der Waals surface area contributed by atoms with Crippen molar-refractivity contribution >= 4 is 11.1 Å². The Bertz CT molecular complexity index is 608. The topological polar surface area (TPSA) is 70.5 Å². The van der Waals surface area contributed by atoms with Crippen molar-refractivity contribution in [1.29, 1.82) is 0 Å². The van der Waals surface area contributed by atoms with E-state index >= 15 is 0 Å². The molecule has 0 atom stereocenters. The number of oxazole rings is 1. The molecule has 19 heavy (non-hydrogen) atoms. The number of hydrogen-bond donors (Lipinski definition) is 1. The highest BCUT2D eigenvalue weighted by Gasteiger charge is 2.60. The van der Waals surface area contributed by atoms with Crippen LogP contribution in [0.2, 0.25) is 0 Å². The van der Waals surface area contributed by atoms with Gasteiger partial charge in [-0.05, 0) is 17.7 Å². The van der Waals surface area contributed by atoms with Crippen LogP contribution in [0.5, 0.6) is 0 Å². The minimum atomic E-state index is -0.0407. The van der Waals surface area contributed by atoms with Crippen LogP contribution in [0.25, 0.3) is 11.1 Å². The largest absolute Gasteiger partial charge is 0.443 e. The number of ether oxygens (including phenoxy) is 2. The van der Waals surface area contributed by atoms with Gasteiger partial charge in [-0.2, -0.15) is 0 Å². The highest BCUT2D eigenvalue weighted by atomic mass is 16.5. The van der Waals surface area contributed by atoms with Gasteiger partial charge in [0.15, 0.2) is 12.0 Å². The van der Waals surface area contributed by atoms with Gasteiger partial charge in [0.05, 0.1) is 31.8 Å². The van der Waals surface area contributed by atoms with E-state index in [1.54, 1.807) is 0 Å². The highest BCUT2D eigenvalue weighted by molar-refractivity contribution is 5.73. The minimum absolute atomic E-state index is 0.00104. The molecule has 2 saturated heterocycles. The van der Waals surface area contributed by atoms with E-state index in [-0.39, 0.29) is 10.8 Å². The summed E-state index contributed by atoms with van der Waals surface area (Å²) in [5.74, 6) is 0. The highest BCUT2D eigenvalue weighted by Crippen LogP contribution is 2.51. The zero-order valence-electron chi connectivity index (χ0n) is 10.6. The Morgan fingerprint density at radius 1 is 1.16 bits per heavy atom. The fourth-order valence-electron chi connectivity index (χ4n) is 3.18. The van der Waals surface area contributed by atoms with Crippen LogP contribution in [0.4, 0.5) is 0 Å². The van der Waals surface area contributed by atoms with Crippen molar-refractivity contribution in [2.45, 2.75) is 5.41 Å². The molecule has 0 bridgehead atoms. The molecule has 2 aliphatic heterocycles. The van der Waals surface area contributed by atoms with Gasteiger partial charge in [-0.25, -0.2) is 4.98 Å². The third-order valence-electron chi connectivity index (χ3n) is 4.74. The summed E-state index contributed by atoms with van der Waals surface area (Å²) in [6.45, 7) is 3.44. The molecule has 100 valence electrons. The van der Waals surface area contributed by atoms with Crippen molar-refractivity contribution < 1.29 is 13.9 Å². The summed E-state index contributed by atoms with van der Waals surface area (Å²) in [7, 11) is 0. The smallest absolute Gasteiger partial charge is 0.181 e. The molecule has 1 aromatic heterocycles. The molecule has 0 aliphatic carbocycles. The second-order valence-corrected chi connectivity index (χ2v) is 5.59. The first-order valence-corrected chi connectivity index (χ1v) is 6.49. The zero-order valence-corrected chi connectivity index (χ0v) is 10.6. The predicted molar refractivity (Wildman–Crippen MR) is 68.8 cm³/mol. The van der Waals surface area contributed by atoms with Gasteiger partial charge in [-0.1, -0.05) is 6.07 Å². The maximum absolute atomic E-state index is 6.02. The monoisotopic (exact) mass is 260 g/mol. The van der Waals surface area contributed by atoms with E-state index in [4.69, 9.17) is 19.6 Å². The van der Waals surface area contributed by atoms with Crippen LogP contribution in [0.3, 0.4) is 0 Å². The molecule has 0 unspecified atom stereocenters. The normalized spacial score (nSPS) is 23.8. The van der Waals surface area contributed by atoms with Crippen LogP contribution in [-0.4, -0.2) is 38.0 Å². The first kappa shape index (κ1) is 11.4. The lowest BCUT2D eigenvalue weighted by molar-refractivity contribution is -0.223. The van der Waals surface area contributed by atoms with Crippen LogP contribution in [0.1, 0.15) is 5.56 Å². The molecule has 0 saturated carbocycles. The SMILES string of the molecule is NCC1(C2(c3ccc4ncoc4c3)COC2)COC1. The lowest BCUT2D eigenvalue weighted by Gasteiger charge is -2.59. The van der Waals surface area contributed by atoms with Gasteiger partial charge in [0.25, 0.3) is 0 Å². The lowest BCUT2D eigenvalue weighted by atomic mass is 9.57. The molecule has 5 nitrogen and oxygen atoms in total. The summed E-state index contributed by atoms with van der Waals surface area (Å²) in [5, 5.41) is 0. The molecule has 2 aromatic rings. The molecule has 1 aromatic carbocycles. The summed E-state index contributed by atoms with van der Waals surface area (Å²) in [6.07, 6.45) is 1.48. The molecule has 2 N–H and O–H groups in total. The number of benzene rings is 1. The number of aromatic nitrogens is 1. The Morgan fingerprint density at radius 2 is 1.95 bits per heavy atom. The maximum Gasteiger partial charge on any atom is 0.181 e. The van der Waals surface area contributed by atoms with Gasteiger partial charge < -0.3 is 19.6 Å². The number of fused-ring (bicyclic) bond motifs is 1. The molecule has 2 fully saturated rings. The summed E-state index contributed by atoms with van der Waals surface area (Å²) in [4.78, 5) is 4.15. The molecule has 5 heteroatoms.